The predicted octanol–water partition coefficient (Wildman–Crippen LogP) is 4.67. The lowest BCUT2D eigenvalue weighted by molar-refractivity contribution is -0.138. The van der Waals surface area contributed by atoms with Gasteiger partial charge in [0.15, 0.2) is 0 Å². The molecule has 0 radical (unpaired) electrons. The van der Waals surface area contributed by atoms with Gasteiger partial charge in [0.25, 0.3) is 0 Å². The summed E-state index contributed by atoms with van der Waals surface area (Å²) in [4.78, 5) is 18.0. The van der Waals surface area contributed by atoms with Crippen LogP contribution in [0.1, 0.15) is 36.6 Å². The third-order valence-corrected chi connectivity index (χ3v) is 4.99. The lowest BCUT2D eigenvalue weighted by atomic mass is 10.1. The first-order valence-electron chi connectivity index (χ1n) is 8.21. The van der Waals surface area contributed by atoms with E-state index in [9.17, 15) is 18.0 Å². The number of pyridine rings is 1. The van der Waals surface area contributed by atoms with Crippen LogP contribution in [0.5, 0.6) is 0 Å². The van der Waals surface area contributed by atoms with Crippen molar-refractivity contribution in [3.05, 3.63) is 59.3 Å². The van der Waals surface area contributed by atoms with Crippen LogP contribution in [-0.2, 0) is 11.0 Å². The zero-order valence-electron chi connectivity index (χ0n) is 14.8. The van der Waals surface area contributed by atoms with E-state index in [1.54, 1.807) is 17.0 Å². The largest absolute Gasteiger partial charge is 0.417 e. The molecule has 27 heavy (non-hydrogen) atoms. The Balaban J connectivity index is 2.00. The van der Waals surface area contributed by atoms with Gasteiger partial charge in [0.2, 0.25) is 5.91 Å². The fourth-order valence-corrected chi connectivity index (χ4v) is 3.26. The van der Waals surface area contributed by atoms with Crippen molar-refractivity contribution in [1.29, 1.82) is 5.26 Å². The van der Waals surface area contributed by atoms with Crippen LogP contribution in [0, 0.1) is 11.3 Å². The van der Waals surface area contributed by atoms with E-state index in [4.69, 9.17) is 5.26 Å². The number of thioether (sulfide) groups is 1. The van der Waals surface area contributed by atoms with E-state index >= 15 is 0 Å². The fourth-order valence-electron chi connectivity index (χ4n) is 2.53. The number of alkyl halides is 3. The Bertz CT molecular complexity index is 814. The second-order valence-electron chi connectivity index (χ2n) is 5.76. The summed E-state index contributed by atoms with van der Waals surface area (Å²) < 4.78 is 37.7. The monoisotopic (exact) mass is 393 g/mol. The van der Waals surface area contributed by atoms with Crippen molar-refractivity contribution in [1.82, 2.24) is 9.88 Å². The maximum absolute atomic E-state index is 12.6. The maximum Gasteiger partial charge on any atom is 0.417 e. The third-order valence-electron chi connectivity index (χ3n) is 4.06. The van der Waals surface area contributed by atoms with Gasteiger partial charge in [0, 0.05) is 12.7 Å². The molecular weight excluding hydrogens is 375 g/mol. The van der Waals surface area contributed by atoms with Crippen molar-refractivity contribution >= 4 is 17.7 Å². The minimum atomic E-state index is -4.43. The summed E-state index contributed by atoms with van der Waals surface area (Å²) in [7, 11) is 0. The average Bonchev–Trinajstić information content (AvgIpc) is 2.66. The summed E-state index contributed by atoms with van der Waals surface area (Å²) in [5, 5.41) is 9.22. The molecule has 0 saturated heterocycles. The quantitative estimate of drug-likeness (QED) is 0.669. The molecule has 1 aromatic carbocycles. The lowest BCUT2D eigenvalue weighted by Crippen LogP contribution is -2.34. The molecule has 0 aliphatic rings. The van der Waals surface area contributed by atoms with Gasteiger partial charge in [-0.3, -0.25) is 4.79 Å². The number of aromatic nitrogens is 1. The summed E-state index contributed by atoms with van der Waals surface area (Å²) in [6.45, 7) is 4.24. The van der Waals surface area contributed by atoms with E-state index in [1.165, 1.54) is 6.07 Å². The first-order valence-corrected chi connectivity index (χ1v) is 9.20. The zero-order valence-corrected chi connectivity index (χ0v) is 15.6. The number of carbonyl (C=O) groups is 1. The van der Waals surface area contributed by atoms with E-state index in [0.29, 0.717) is 17.1 Å². The first-order chi connectivity index (χ1) is 12.8. The highest BCUT2D eigenvalue weighted by atomic mass is 32.2. The number of nitrogens with zero attached hydrogens (tertiary/aromatic N) is 3. The van der Waals surface area contributed by atoms with Gasteiger partial charge >= 0.3 is 6.18 Å². The molecule has 2 aromatic rings. The highest BCUT2D eigenvalue weighted by Crippen LogP contribution is 2.30. The Labute approximate surface area is 160 Å². The van der Waals surface area contributed by atoms with Crippen LogP contribution in [0.25, 0.3) is 0 Å². The van der Waals surface area contributed by atoms with E-state index in [2.05, 4.69) is 4.98 Å². The molecule has 0 aliphatic heterocycles. The number of hydrogen-bond acceptors (Lipinski definition) is 4. The van der Waals surface area contributed by atoms with Crippen molar-refractivity contribution in [2.24, 2.45) is 0 Å². The Hall–Kier alpha value is -2.53. The van der Waals surface area contributed by atoms with Gasteiger partial charge in [-0.25, -0.2) is 4.98 Å². The number of benzene rings is 1. The van der Waals surface area contributed by atoms with Gasteiger partial charge in [-0.2, -0.15) is 18.4 Å². The molecule has 1 unspecified atom stereocenters. The SMILES string of the molecule is CCN(C(=O)CSc1ccc(C(F)(F)F)cn1)C(C)c1ccc(C#N)cc1. The lowest BCUT2D eigenvalue weighted by Gasteiger charge is -2.28. The summed E-state index contributed by atoms with van der Waals surface area (Å²) in [5.74, 6) is -0.0617. The molecule has 0 N–H and O–H groups in total. The van der Waals surface area contributed by atoms with Crippen molar-refractivity contribution in [2.75, 3.05) is 12.3 Å². The maximum atomic E-state index is 12.6. The number of rotatable bonds is 6. The Kier molecular flexibility index (Phi) is 6.86. The van der Waals surface area contributed by atoms with E-state index in [-0.39, 0.29) is 17.7 Å². The van der Waals surface area contributed by atoms with Crippen LogP contribution in [0.4, 0.5) is 13.2 Å². The molecule has 0 bridgehead atoms. The molecule has 1 atom stereocenters. The highest BCUT2D eigenvalue weighted by Gasteiger charge is 2.30. The van der Waals surface area contributed by atoms with Crippen LogP contribution >= 0.6 is 11.8 Å². The van der Waals surface area contributed by atoms with E-state index in [0.717, 1.165) is 29.6 Å². The molecule has 1 amide bonds. The van der Waals surface area contributed by atoms with Crippen molar-refractivity contribution < 1.29 is 18.0 Å². The van der Waals surface area contributed by atoms with Crippen molar-refractivity contribution in [3.8, 4) is 6.07 Å². The molecule has 0 saturated carbocycles. The van der Waals surface area contributed by atoms with Crippen LogP contribution in [0.2, 0.25) is 0 Å². The van der Waals surface area contributed by atoms with E-state index < -0.39 is 11.7 Å². The van der Waals surface area contributed by atoms with Crippen LogP contribution in [0.15, 0.2) is 47.6 Å². The average molecular weight is 393 g/mol. The number of nitriles is 1. The molecule has 2 rings (SSSR count). The summed E-state index contributed by atoms with van der Waals surface area (Å²) in [6, 6.07) is 11.1. The molecule has 8 heteroatoms. The Morgan fingerprint density at radius 3 is 2.41 bits per heavy atom. The van der Waals surface area contributed by atoms with Gasteiger partial charge in [0.05, 0.1) is 34.0 Å². The second kappa shape index (κ2) is 8.91. The Morgan fingerprint density at radius 1 is 1.26 bits per heavy atom. The molecule has 0 aliphatic carbocycles. The van der Waals surface area contributed by atoms with Crippen molar-refractivity contribution in [3.63, 3.8) is 0 Å². The Morgan fingerprint density at radius 2 is 1.93 bits per heavy atom. The summed E-state index contributed by atoms with van der Waals surface area (Å²) >= 11 is 1.10. The summed E-state index contributed by atoms with van der Waals surface area (Å²) in [6.07, 6.45) is -3.66. The van der Waals surface area contributed by atoms with Gasteiger partial charge < -0.3 is 4.90 Å². The van der Waals surface area contributed by atoms with E-state index in [1.807, 2.05) is 32.0 Å². The predicted molar refractivity (Wildman–Crippen MR) is 96.9 cm³/mol. The first kappa shape index (κ1) is 20.8. The molecule has 4 nitrogen and oxygen atoms in total. The number of carbonyl (C=O) groups excluding carboxylic acids is 1. The zero-order chi connectivity index (χ0) is 20.0. The van der Waals surface area contributed by atoms with Gasteiger partial charge in [-0.05, 0) is 43.7 Å². The molecule has 1 heterocycles. The van der Waals surface area contributed by atoms with Crippen LogP contribution in [0.3, 0.4) is 0 Å². The normalized spacial score (nSPS) is 12.3. The fraction of sp³-hybridized carbons (Fsp3) is 0.316. The minimum absolute atomic E-state index is 0.0762. The van der Waals surface area contributed by atoms with Crippen molar-refractivity contribution in [2.45, 2.75) is 31.1 Å². The molecule has 1 aromatic heterocycles. The molecular formula is C19H18F3N3OS. The highest BCUT2D eigenvalue weighted by molar-refractivity contribution is 7.99. The van der Waals surface area contributed by atoms with Gasteiger partial charge in [0.1, 0.15) is 0 Å². The van der Waals surface area contributed by atoms with Gasteiger partial charge in [-0.15, -0.1) is 0 Å². The van der Waals surface area contributed by atoms with Crippen LogP contribution < -0.4 is 0 Å². The number of amides is 1. The molecule has 142 valence electrons. The number of halogens is 3. The standard InChI is InChI=1S/C19H18F3N3OS/c1-3-25(13(2)15-6-4-14(10-23)5-7-15)18(26)12-27-17-9-8-16(11-24-17)19(20,21)22/h4-9,11,13H,3,12H2,1-2H3. The third kappa shape index (κ3) is 5.47. The minimum Gasteiger partial charge on any atom is -0.335 e. The second-order valence-corrected chi connectivity index (χ2v) is 6.76. The summed E-state index contributed by atoms with van der Waals surface area (Å²) in [5.41, 5.74) is 0.633. The smallest absolute Gasteiger partial charge is 0.335 e. The molecule has 0 fully saturated rings. The topological polar surface area (TPSA) is 57.0 Å². The number of hydrogen-bond donors (Lipinski definition) is 0. The van der Waals surface area contributed by atoms with Gasteiger partial charge in [-0.1, -0.05) is 23.9 Å². The molecule has 0 spiro atoms. The van der Waals surface area contributed by atoms with Crippen LogP contribution in [-0.4, -0.2) is 28.1 Å².